The predicted octanol–water partition coefficient (Wildman–Crippen LogP) is 4.01. The number of ether oxygens (including phenoxy) is 1. The van der Waals surface area contributed by atoms with Gasteiger partial charge in [0.15, 0.2) is 17.4 Å². The second kappa shape index (κ2) is 10.8. The van der Waals surface area contributed by atoms with Gasteiger partial charge < -0.3 is 20.1 Å². The van der Waals surface area contributed by atoms with Gasteiger partial charge in [-0.05, 0) is 38.3 Å². The molecular weight excluding hydrogens is 470 g/mol. The normalized spacial score (nSPS) is 17.8. The highest BCUT2D eigenvalue weighted by Crippen LogP contribution is 2.31. The zero-order chi connectivity index (χ0) is 25.9. The van der Waals surface area contributed by atoms with Gasteiger partial charge in [0.05, 0.1) is 18.7 Å². The first-order valence-electron chi connectivity index (χ1n) is 12.3. The van der Waals surface area contributed by atoms with Crippen molar-refractivity contribution in [2.75, 3.05) is 11.9 Å². The van der Waals surface area contributed by atoms with Crippen molar-refractivity contribution in [2.45, 2.75) is 70.6 Å². The van der Waals surface area contributed by atoms with Crippen molar-refractivity contribution in [1.29, 1.82) is 0 Å². The molecule has 1 aliphatic heterocycles. The first kappa shape index (κ1) is 25.8. The van der Waals surface area contributed by atoms with E-state index in [2.05, 4.69) is 10.4 Å². The van der Waals surface area contributed by atoms with Crippen LogP contribution in [0, 0.1) is 17.6 Å². The van der Waals surface area contributed by atoms with E-state index in [4.69, 9.17) is 4.74 Å². The number of nitrogens with one attached hydrogen (secondary N) is 1. The quantitative estimate of drug-likeness (QED) is 0.540. The second-order valence-corrected chi connectivity index (χ2v) is 10.2. The summed E-state index contributed by atoms with van der Waals surface area (Å²) in [6.45, 7) is 3.54. The van der Waals surface area contributed by atoms with E-state index in [-0.39, 0.29) is 30.5 Å². The highest BCUT2D eigenvalue weighted by molar-refractivity contribution is 5.99. The molecule has 194 valence electrons. The van der Waals surface area contributed by atoms with Crippen LogP contribution in [0.1, 0.15) is 52.4 Å². The molecule has 0 saturated heterocycles. The van der Waals surface area contributed by atoms with E-state index >= 15 is 0 Å². The monoisotopic (exact) mass is 502 g/mol. The van der Waals surface area contributed by atoms with Crippen LogP contribution in [-0.2, 0) is 16.1 Å². The molecule has 1 saturated carbocycles. The molecule has 0 radical (unpaired) electrons. The maximum absolute atomic E-state index is 14.1. The highest BCUT2D eigenvalue weighted by atomic mass is 19.2. The molecule has 2 heterocycles. The van der Waals surface area contributed by atoms with Crippen molar-refractivity contribution in [2.24, 2.45) is 5.92 Å². The maximum Gasteiger partial charge on any atom is 0.251 e. The molecule has 1 aliphatic carbocycles. The van der Waals surface area contributed by atoms with E-state index in [1.165, 1.54) is 27.8 Å². The predicted molar refractivity (Wildman–Crippen MR) is 129 cm³/mol. The molecule has 0 unspecified atom stereocenters. The smallest absolute Gasteiger partial charge is 0.251 e. The van der Waals surface area contributed by atoms with Crippen molar-refractivity contribution >= 4 is 17.6 Å². The van der Waals surface area contributed by atoms with Crippen LogP contribution in [0.3, 0.4) is 0 Å². The number of halogens is 2. The first-order chi connectivity index (χ1) is 17.1. The minimum absolute atomic E-state index is 0.0350. The number of nitrogens with zero attached hydrogens (tertiary/aromatic N) is 3. The summed E-state index contributed by atoms with van der Waals surface area (Å²) < 4.78 is 34.7. The van der Waals surface area contributed by atoms with Gasteiger partial charge in [0.25, 0.3) is 5.91 Å². The number of hydrogen-bond donors (Lipinski definition) is 2. The molecule has 0 spiro atoms. The van der Waals surface area contributed by atoms with Crippen LogP contribution < -0.4 is 10.1 Å². The molecule has 1 atom stereocenters. The van der Waals surface area contributed by atoms with Crippen LogP contribution in [0.25, 0.3) is 0 Å². The van der Waals surface area contributed by atoms with Crippen LogP contribution in [0.5, 0.6) is 5.75 Å². The number of aromatic nitrogens is 2. The molecule has 10 heteroatoms. The van der Waals surface area contributed by atoms with Crippen molar-refractivity contribution in [3.8, 4) is 5.75 Å². The number of carbonyl (C=O) groups excluding carboxylic acids is 2. The number of hydrogen-bond acceptors (Lipinski definition) is 5. The second-order valence-electron chi connectivity index (χ2n) is 10.2. The van der Waals surface area contributed by atoms with Gasteiger partial charge in [0.2, 0.25) is 11.7 Å². The summed E-state index contributed by atoms with van der Waals surface area (Å²) in [7, 11) is 0. The van der Waals surface area contributed by atoms with E-state index in [0.29, 0.717) is 18.2 Å². The lowest BCUT2D eigenvalue weighted by Gasteiger charge is -2.31. The van der Waals surface area contributed by atoms with Crippen molar-refractivity contribution in [3.05, 3.63) is 53.9 Å². The third kappa shape index (κ3) is 6.48. The van der Waals surface area contributed by atoms with Crippen LogP contribution in [0.4, 0.5) is 14.6 Å². The summed E-state index contributed by atoms with van der Waals surface area (Å²) in [5, 5.41) is 17.1. The van der Waals surface area contributed by atoms with Crippen LogP contribution >= 0.6 is 0 Å². The average Bonchev–Trinajstić information content (AvgIpc) is 3.40. The number of aliphatic hydroxyl groups is 1. The van der Waals surface area contributed by atoms with E-state index in [9.17, 15) is 23.5 Å². The Balaban J connectivity index is 1.48. The lowest BCUT2D eigenvalue weighted by Crippen LogP contribution is -2.46. The van der Waals surface area contributed by atoms with Gasteiger partial charge in [0.1, 0.15) is 11.8 Å². The van der Waals surface area contributed by atoms with E-state index in [1.807, 2.05) is 0 Å². The zero-order valence-electron chi connectivity index (χ0n) is 20.5. The Bertz CT molecular complexity index is 1140. The first-order valence-corrected chi connectivity index (χ1v) is 12.3. The van der Waals surface area contributed by atoms with Crippen LogP contribution in [0.2, 0.25) is 0 Å². The van der Waals surface area contributed by atoms with Crippen molar-refractivity contribution in [1.82, 2.24) is 14.7 Å². The molecular formula is C26H32F2N4O4. The van der Waals surface area contributed by atoms with Crippen molar-refractivity contribution < 1.29 is 28.2 Å². The molecule has 1 aromatic carbocycles. The van der Waals surface area contributed by atoms with Gasteiger partial charge in [-0.3, -0.25) is 14.3 Å². The number of rotatable bonds is 9. The average molecular weight is 503 g/mol. The van der Waals surface area contributed by atoms with Gasteiger partial charge in [-0.25, -0.2) is 4.39 Å². The Labute approximate surface area is 208 Å². The molecule has 2 aliphatic rings. The fraction of sp³-hybridized carbons (Fsp3) is 0.500. The third-order valence-electron chi connectivity index (χ3n) is 6.45. The maximum atomic E-state index is 14.1. The van der Waals surface area contributed by atoms with Gasteiger partial charge in [0, 0.05) is 18.3 Å². The summed E-state index contributed by atoms with van der Waals surface area (Å²) in [6, 6.07) is 4.43. The fourth-order valence-corrected chi connectivity index (χ4v) is 4.78. The fourth-order valence-electron chi connectivity index (χ4n) is 4.78. The summed E-state index contributed by atoms with van der Waals surface area (Å²) in [5.41, 5.74) is -0.970. The van der Waals surface area contributed by atoms with E-state index in [0.717, 1.165) is 38.2 Å². The van der Waals surface area contributed by atoms with E-state index in [1.54, 1.807) is 26.1 Å². The largest absolute Gasteiger partial charge is 0.456 e. The molecule has 2 N–H and O–H groups in total. The van der Waals surface area contributed by atoms with Gasteiger partial charge in [-0.1, -0.05) is 38.2 Å². The van der Waals surface area contributed by atoms with Gasteiger partial charge in [-0.15, -0.1) is 0 Å². The molecule has 1 fully saturated rings. The molecule has 2 amide bonds. The topological polar surface area (TPSA) is 96.7 Å². The molecule has 4 rings (SSSR count). The van der Waals surface area contributed by atoms with Gasteiger partial charge in [-0.2, -0.15) is 9.49 Å². The lowest BCUT2D eigenvalue weighted by molar-refractivity contribution is -0.134. The third-order valence-corrected chi connectivity index (χ3v) is 6.45. The summed E-state index contributed by atoms with van der Waals surface area (Å²) in [5.74, 6) is -2.56. The Hall–Kier alpha value is -3.27. The SMILES string of the molecule is CC(C)(O)Cn1ccc(NC(=O)[C@H](CC2CCCCC2)N2CC(Oc3cccc(F)c3F)=CC2=O)n1. The number of carbonyl (C=O) groups is 2. The molecule has 36 heavy (non-hydrogen) atoms. The highest BCUT2D eigenvalue weighted by Gasteiger charge is 2.36. The summed E-state index contributed by atoms with van der Waals surface area (Å²) >= 11 is 0. The molecule has 2 aromatic rings. The summed E-state index contributed by atoms with van der Waals surface area (Å²) in [4.78, 5) is 27.7. The van der Waals surface area contributed by atoms with Gasteiger partial charge >= 0.3 is 0 Å². The Morgan fingerprint density at radius 2 is 2.00 bits per heavy atom. The molecule has 0 bridgehead atoms. The van der Waals surface area contributed by atoms with Crippen LogP contribution in [0.15, 0.2) is 42.3 Å². The molecule has 8 nitrogen and oxygen atoms in total. The number of benzene rings is 1. The zero-order valence-corrected chi connectivity index (χ0v) is 20.5. The summed E-state index contributed by atoms with van der Waals surface area (Å²) in [6.07, 6.45) is 8.65. The lowest BCUT2D eigenvalue weighted by atomic mass is 9.84. The van der Waals surface area contributed by atoms with Crippen LogP contribution in [-0.4, -0.2) is 49.8 Å². The van der Waals surface area contributed by atoms with E-state index < -0.39 is 29.2 Å². The number of amides is 2. The minimum Gasteiger partial charge on any atom is -0.456 e. The Kier molecular flexibility index (Phi) is 7.73. The standard InChI is InChI=1S/C26H32F2N4O4/c1-26(2,35)16-31-12-11-22(30-31)29-25(34)20(13-17-7-4-3-5-8-17)32-15-18(14-23(32)33)36-21-10-6-9-19(27)24(21)28/h6,9-12,14,17,20,35H,3-5,7-8,13,15-16H2,1-2H3,(H,29,30,34)/t20-/m0/s1. The Morgan fingerprint density at radius 3 is 2.72 bits per heavy atom. The number of anilines is 1. The molecule has 1 aromatic heterocycles. The Morgan fingerprint density at radius 1 is 1.25 bits per heavy atom. The van der Waals surface area contributed by atoms with Crippen molar-refractivity contribution in [3.63, 3.8) is 0 Å². The minimum atomic E-state index is -1.14.